The zero-order chi connectivity index (χ0) is 31.8. The van der Waals surface area contributed by atoms with Gasteiger partial charge in [0.1, 0.15) is 12.3 Å². The van der Waals surface area contributed by atoms with E-state index < -0.39 is 42.6 Å². The highest BCUT2D eigenvalue weighted by Gasteiger charge is 2.51. The molecule has 0 spiro atoms. The van der Waals surface area contributed by atoms with Crippen molar-refractivity contribution < 1.29 is 33.7 Å². The zero-order valence-electron chi connectivity index (χ0n) is 25.7. The van der Waals surface area contributed by atoms with Crippen LogP contribution in [0.3, 0.4) is 0 Å². The molecule has 0 unspecified atom stereocenters. The molecular weight excluding hydrogens is 569 g/mol. The van der Waals surface area contributed by atoms with E-state index in [4.69, 9.17) is 26.7 Å². The van der Waals surface area contributed by atoms with Gasteiger partial charge in [0.05, 0.1) is 12.9 Å². The number of carbonyl (C=O) groups excluding carboxylic acids is 1. The molecule has 0 radical (unpaired) electrons. The molecule has 2 aromatic rings. The van der Waals surface area contributed by atoms with Crippen molar-refractivity contribution in [3.05, 3.63) is 12.4 Å². The molecule has 2 aromatic heterocycles. The Morgan fingerprint density at radius 2 is 1.50 bits per heavy atom. The summed E-state index contributed by atoms with van der Waals surface area (Å²) >= 11 is 0. The number of fused-ring (bicyclic) bond motifs is 1. The summed E-state index contributed by atoms with van der Waals surface area (Å²) in [6.07, 6.45) is 23.1. The highest BCUT2D eigenvalue weighted by atomic mass is 19.1. The summed E-state index contributed by atoms with van der Waals surface area (Å²) < 4.78 is 26.9. The number of carboxylic acids is 1. The standard InChI is InChI=1S/C32H48FN5O6/c1-2-32(22-39)24(21-25(44-32)38-23-35-28-29(34)36-31(33)37-30(28)38)43-27(42)20-18-16-14-12-10-8-6-4-3-5-7-9-11-13-15-17-19-26(40)41/h1,23-25,39H,3-22H2,(H,40,41)(H2,34,36,37)/t24-,25+,32+/m0/s1. The summed E-state index contributed by atoms with van der Waals surface area (Å²) in [7, 11) is 0. The lowest BCUT2D eigenvalue weighted by molar-refractivity contribution is -0.159. The Kier molecular flexibility index (Phi) is 14.8. The Hall–Kier alpha value is -3.30. The lowest BCUT2D eigenvalue weighted by atomic mass is 9.98. The van der Waals surface area contributed by atoms with Gasteiger partial charge in [-0.1, -0.05) is 95.8 Å². The Bertz CT molecular complexity index is 1230. The van der Waals surface area contributed by atoms with Gasteiger partial charge in [0, 0.05) is 19.3 Å². The molecule has 3 rings (SSSR count). The molecule has 0 aliphatic carbocycles. The number of anilines is 1. The monoisotopic (exact) mass is 617 g/mol. The van der Waals surface area contributed by atoms with Gasteiger partial charge in [0.15, 0.2) is 22.6 Å². The molecule has 3 heterocycles. The first-order chi connectivity index (χ1) is 21.3. The molecule has 0 amide bonds. The van der Waals surface area contributed by atoms with Gasteiger partial charge in [0.2, 0.25) is 0 Å². The second-order valence-corrected chi connectivity index (χ2v) is 11.7. The Labute approximate surface area is 259 Å². The molecule has 3 atom stereocenters. The number of carboxylic acid groups (broad SMARTS) is 1. The predicted octanol–water partition coefficient (Wildman–Crippen LogP) is 5.85. The van der Waals surface area contributed by atoms with Crippen molar-refractivity contribution >= 4 is 28.9 Å². The molecule has 1 fully saturated rings. The van der Waals surface area contributed by atoms with E-state index in [-0.39, 0.29) is 29.8 Å². The van der Waals surface area contributed by atoms with Crippen LogP contribution in [-0.4, -0.2) is 60.0 Å². The zero-order valence-corrected chi connectivity index (χ0v) is 25.7. The number of nitrogens with two attached hydrogens (primary N) is 1. The number of imidazole rings is 1. The van der Waals surface area contributed by atoms with Crippen LogP contribution in [0.2, 0.25) is 0 Å². The molecule has 12 heteroatoms. The van der Waals surface area contributed by atoms with Crippen LogP contribution in [0.15, 0.2) is 6.33 Å². The summed E-state index contributed by atoms with van der Waals surface area (Å²) in [5.41, 5.74) is 4.53. The predicted molar refractivity (Wildman–Crippen MR) is 164 cm³/mol. The van der Waals surface area contributed by atoms with Crippen molar-refractivity contribution in [3.8, 4) is 12.3 Å². The fourth-order valence-corrected chi connectivity index (χ4v) is 5.73. The number of nitrogen functional groups attached to an aromatic ring is 1. The molecule has 1 saturated heterocycles. The van der Waals surface area contributed by atoms with Crippen LogP contribution in [0.5, 0.6) is 0 Å². The van der Waals surface area contributed by atoms with Crippen molar-refractivity contribution in [2.75, 3.05) is 12.3 Å². The molecule has 44 heavy (non-hydrogen) atoms. The number of hydrogen-bond acceptors (Lipinski definition) is 9. The van der Waals surface area contributed by atoms with E-state index in [1.165, 1.54) is 68.7 Å². The normalized spacial score (nSPS) is 19.8. The average molecular weight is 618 g/mol. The summed E-state index contributed by atoms with van der Waals surface area (Å²) in [5, 5.41) is 18.7. The minimum atomic E-state index is -1.54. The number of halogens is 1. The average Bonchev–Trinajstić information content (AvgIpc) is 3.58. The first kappa shape index (κ1) is 35.2. The van der Waals surface area contributed by atoms with Crippen LogP contribution in [0.25, 0.3) is 11.2 Å². The van der Waals surface area contributed by atoms with Gasteiger partial charge in [-0.15, -0.1) is 6.42 Å². The van der Waals surface area contributed by atoms with Crippen molar-refractivity contribution in [3.63, 3.8) is 0 Å². The maximum Gasteiger partial charge on any atom is 0.312 e. The topological polar surface area (TPSA) is 163 Å². The van der Waals surface area contributed by atoms with E-state index in [1.807, 2.05) is 0 Å². The van der Waals surface area contributed by atoms with Crippen molar-refractivity contribution in [1.29, 1.82) is 0 Å². The number of unbranched alkanes of at least 4 members (excludes halogenated alkanes) is 15. The van der Waals surface area contributed by atoms with Crippen LogP contribution < -0.4 is 5.73 Å². The Morgan fingerprint density at radius 1 is 0.977 bits per heavy atom. The summed E-state index contributed by atoms with van der Waals surface area (Å²) in [6, 6.07) is 0. The largest absolute Gasteiger partial charge is 0.481 e. The van der Waals surface area contributed by atoms with Gasteiger partial charge in [-0.2, -0.15) is 14.4 Å². The van der Waals surface area contributed by atoms with E-state index in [1.54, 1.807) is 0 Å². The SMILES string of the molecule is C#C[C@]1(CO)O[C@@H](n2cnc3c(N)nc(F)nc32)C[C@@H]1OC(=O)CCCCCCCCCCCCCCCCCCC(=O)O. The van der Waals surface area contributed by atoms with Crippen LogP contribution in [0.4, 0.5) is 10.2 Å². The lowest BCUT2D eigenvalue weighted by Gasteiger charge is -2.26. The van der Waals surface area contributed by atoms with Gasteiger partial charge in [-0.25, -0.2) is 4.98 Å². The number of carbonyl (C=O) groups is 2. The number of ether oxygens (including phenoxy) is 2. The van der Waals surface area contributed by atoms with Crippen LogP contribution in [0.1, 0.15) is 128 Å². The van der Waals surface area contributed by atoms with Crippen molar-refractivity contribution in [2.45, 2.75) is 140 Å². The number of aliphatic hydroxyl groups is 1. The quantitative estimate of drug-likeness (QED) is 0.0632. The third-order valence-electron chi connectivity index (χ3n) is 8.29. The number of esters is 1. The van der Waals surface area contributed by atoms with Gasteiger partial charge >= 0.3 is 18.0 Å². The maximum absolute atomic E-state index is 13.8. The van der Waals surface area contributed by atoms with E-state index in [0.29, 0.717) is 12.8 Å². The first-order valence-electron chi connectivity index (χ1n) is 16.1. The molecular formula is C32H48FN5O6. The van der Waals surface area contributed by atoms with E-state index in [2.05, 4.69) is 20.9 Å². The molecule has 1 aliphatic rings. The third kappa shape index (κ3) is 10.7. The Morgan fingerprint density at radius 3 is 2.00 bits per heavy atom. The number of terminal acetylenes is 1. The van der Waals surface area contributed by atoms with E-state index in [9.17, 15) is 19.1 Å². The van der Waals surface area contributed by atoms with Gasteiger partial charge in [-0.3, -0.25) is 14.2 Å². The van der Waals surface area contributed by atoms with Crippen LogP contribution in [0, 0.1) is 18.4 Å². The summed E-state index contributed by atoms with van der Waals surface area (Å²) in [6.45, 7) is -0.562. The molecule has 0 saturated carbocycles. The second-order valence-electron chi connectivity index (χ2n) is 11.7. The number of aliphatic carboxylic acids is 1. The molecule has 1 aliphatic heterocycles. The Balaban J connectivity index is 1.24. The molecule has 4 N–H and O–H groups in total. The minimum absolute atomic E-state index is 0.111. The summed E-state index contributed by atoms with van der Waals surface area (Å²) in [5.74, 6) is 1.23. The minimum Gasteiger partial charge on any atom is -0.481 e. The summed E-state index contributed by atoms with van der Waals surface area (Å²) in [4.78, 5) is 34.5. The van der Waals surface area contributed by atoms with Gasteiger partial charge < -0.3 is 25.4 Å². The van der Waals surface area contributed by atoms with Crippen LogP contribution >= 0.6 is 0 Å². The molecule has 0 aromatic carbocycles. The fourth-order valence-electron chi connectivity index (χ4n) is 5.73. The lowest BCUT2D eigenvalue weighted by Crippen LogP contribution is -2.44. The molecule has 11 nitrogen and oxygen atoms in total. The number of rotatable bonds is 22. The van der Waals surface area contributed by atoms with Gasteiger partial charge in [-0.05, 0) is 12.8 Å². The van der Waals surface area contributed by atoms with Crippen molar-refractivity contribution in [1.82, 2.24) is 19.5 Å². The number of nitrogens with zero attached hydrogens (tertiary/aromatic N) is 4. The maximum atomic E-state index is 13.8. The number of aromatic nitrogens is 4. The number of hydrogen-bond donors (Lipinski definition) is 3. The number of aliphatic hydroxyl groups excluding tert-OH is 1. The highest BCUT2D eigenvalue weighted by molar-refractivity contribution is 5.81. The van der Waals surface area contributed by atoms with Crippen molar-refractivity contribution in [2.24, 2.45) is 0 Å². The highest BCUT2D eigenvalue weighted by Crippen LogP contribution is 2.39. The third-order valence-corrected chi connectivity index (χ3v) is 8.29. The van der Waals surface area contributed by atoms with E-state index in [0.717, 1.165) is 38.5 Å². The smallest absolute Gasteiger partial charge is 0.312 e. The molecule has 0 bridgehead atoms. The fraction of sp³-hybridized carbons (Fsp3) is 0.719. The van der Waals surface area contributed by atoms with Crippen LogP contribution in [-0.2, 0) is 19.1 Å². The van der Waals surface area contributed by atoms with Gasteiger partial charge in [0.25, 0.3) is 0 Å². The first-order valence-corrected chi connectivity index (χ1v) is 16.1. The second kappa shape index (κ2) is 18.5. The van der Waals surface area contributed by atoms with E-state index >= 15 is 0 Å². The molecule has 244 valence electrons.